The van der Waals surface area contributed by atoms with Gasteiger partial charge in [-0.25, -0.2) is 8.42 Å². The number of methoxy groups -OCH3 is 2. The lowest BCUT2D eigenvalue weighted by Crippen LogP contribution is -2.38. The molecule has 0 aliphatic rings. The summed E-state index contributed by atoms with van der Waals surface area (Å²) in [7, 11) is -0.992. The highest BCUT2D eigenvalue weighted by Gasteiger charge is 2.36. The van der Waals surface area contributed by atoms with Crippen LogP contribution in [-0.4, -0.2) is 57.9 Å². The van der Waals surface area contributed by atoms with Crippen LogP contribution in [0.4, 0.5) is 0 Å². The van der Waals surface area contributed by atoms with Crippen molar-refractivity contribution in [2.75, 3.05) is 27.3 Å². The van der Waals surface area contributed by atoms with Gasteiger partial charge in [0.1, 0.15) is 22.2 Å². The third-order valence-electron chi connectivity index (χ3n) is 5.29. The summed E-state index contributed by atoms with van der Waals surface area (Å²) in [5.41, 5.74) is 0.930. The van der Waals surface area contributed by atoms with Crippen LogP contribution < -0.4 is 20.1 Å². The second-order valence-corrected chi connectivity index (χ2v) is 9.92. The van der Waals surface area contributed by atoms with Crippen LogP contribution in [-0.2, 0) is 19.4 Å². The van der Waals surface area contributed by atoms with E-state index in [0.29, 0.717) is 22.6 Å². The molecule has 0 saturated heterocycles. The monoisotopic (exact) mass is 508 g/mol. The van der Waals surface area contributed by atoms with Crippen LogP contribution in [0.2, 0.25) is 0 Å². The molecule has 2 unspecified atom stereocenters. The first-order chi connectivity index (χ1) is 16.7. The smallest absolute Gasteiger partial charge is 0.303 e. The number of nitrogens with one attached hydrogen (secondary N) is 2. The van der Waals surface area contributed by atoms with Crippen LogP contribution in [0.25, 0.3) is 0 Å². The first-order valence-corrected chi connectivity index (χ1v) is 12.7. The Morgan fingerprint density at radius 1 is 0.743 bits per heavy atom. The second-order valence-electron chi connectivity index (χ2n) is 7.80. The van der Waals surface area contributed by atoms with E-state index in [0.717, 1.165) is 0 Å². The number of benzene rings is 2. The number of hydrogen-bond donors (Lipinski definition) is 4. The van der Waals surface area contributed by atoms with Gasteiger partial charge in [-0.1, -0.05) is 24.3 Å². The van der Waals surface area contributed by atoms with E-state index in [2.05, 4.69) is 10.6 Å². The standard InChI is InChI=1S/C24H32N2O8S/c1-33-19-11-7-17(8-12-19)23(25-15-3-5-21(27)28)35(31,32)24(26-16-4-6-22(29)30)18-9-13-20(34-2)14-10-18/h7-14,23-26H,3-6,15-16H2,1-2H3,(H,27,28)(H,29,30). The van der Waals surface area contributed by atoms with Crippen molar-refractivity contribution in [1.29, 1.82) is 0 Å². The number of hydrogen-bond acceptors (Lipinski definition) is 8. The SMILES string of the molecule is COc1ccc(C(NCCCC(=O)O)S(=O)(=O)C(NCCCC(=O)O)c2ccc(OC)cc2)cc1. The van der Waals surface area contributed by atoms with Crippen molar-refractivity contribution in [2.24, 2.45) is 0 Å². The maximum Gasteiger partial charge on any atom is 0.303 e. The summed E-state index contributed by atoms with van der Waals surface area (Å²) in [6.45, 7) is 0.327. The van der Waals surface area contributed by atoms with Crippen LogP contribution in [0.3, 0.4) is 0 Å². The zero-order valence-corrected chi connectivity index (χ0v) is 20.6. The molecule has 2 aromatic carbocycles. The Hall–Kier alpha value is -3.15. The van der Waals surface area contributed by atoms with E-state index in [-0.39, 0.29) is 38.8 Å². The van der Waals surface area contributed by atoms with E-state index in [1.807, 2.05) is 0 Å². The van der Waals surface area contributed by atoms with E-state index < -0.39 is 32.5 Å². The van der Waals surface area contributed by atoms with Gasteiger partial charge < -0.3 is 19.7 Å². The van der Waals surface area contributed by atoms with E-state index >= 15 is 0 Å². The minimum atomic E-state index is -4.01. The first kappa shape index (κ1) is 28.1. The van der Waals surface area contributed by atoms with Gasteiger partial charge in [-0.05, 0) is 61.3 Å². The van der Waals surface area contributed by atoms with Crippen molar-refractivity contribution >= 4 is 21.8 Å². The van der Waals surface area contributed by atoms with Crippen molar-refractivity contribution in [1.82, 2.24) is 10.6 Å². The number of sulfone groups is 1. The van der Waals surface area contributed by atoms with Crippen molar-refractivity contribution < 1.29 is 37.7 Å². The summed E-state index contributed by atoms with van der Waals surface area (Å²) in [6, 6.07) is 13.2. The normalized spacial score (nSPS) is 13.1. The average molecular weight is 509 g/mol. The van der Waals surface area contributed by atoms with E-state index in [1.165, 1.54) is 14.2 Å². The van der Waals surface area contributed by atoms with Crippen LogP contribution >= 0.6 is 0 Å². The van der Waals surface area contributed by atoms with Crippen LogP contribution in [0.15, 0.2) is 48.5 Å². The molecule has 10 nitrogen and oxygen atoms in total. The molecule has 0 radical (unpaired) electrons. The Balaban J connectivity index is 2.41. The highest BCUT2D eigenvalue weighted by Crippen LogP contribution is 2.33. The number of carbonyl (C=O) groups is 2. The predicted octanol–water partition coefficient (Wildman–Crippen LogP) is 2.72. The minimum absolute atomic E-state index is 0.0995. The molecule has 0 aliphatic heterocycles. The van der Waals surface area contributed by atoms with E-state index in [1.54, 1.807) is 48.5 Å². The molecule has 0 aliphatic carbocycles. The highest BCUT2D eigenvalue weighted by molar-refractivity contribution is 7.91. The molecular formula is C24H32N2O8S. The summed E-state index contributed by atoms with van der Waals surface area (Å²) in [5, 5.41) is 21.6. The number of carboxylic acids is 2. The average Bonchev–Trinajstić information content (AvgIpc) is 2.83. The van der Waals surface area contributed by atoms with Gasteiger partial charge >= 0.3 is 11.9 Å². The number of rotatable bonds is 16. The Morgan fingerprint density at radius 3 is 1.37 bits per heavy atom. The molecule has 0 heterocycles. The van der Waals surface area contributed by atoms with E-state index in [4.69, 9.17) is 19.7 Å². The molecule has 0 saturated carbocycles. The third-order valence-corrected chi connectivity index (χ3v) is 7.48. The molecule has 35 heavy (non-hydrogen) atoms. The fraction of sp³-hybridized carbons (Fsp3) is 0.417. The molecule has 0 spiro atoms. The van der Waals surface area contributed by atoms with Gasteiger partial charge in [0.05, 0.1) is 14.2 Å². The Labute approximate surface area is 205 Å². The lowest BCUT2D eigenvalue weighted by Gasteiger charge is -2.27. The molecule has 0 amide bonds. The first-order valence-electron chi connectivity index (χ1n) is 11.1. The molecule has 2 rings (SSSR count). The Kier molecular flexibility index (Phi) is 11.0. The van der Waals surface area contributed by atoms with Crippen LogP contribution in [0.1, 0.15) is 47.6 Å². The molecule has 4 N–H and O–H groups in total. The molecule has 0 aromatic heterocycles. The fourth-order valence-corrected chi connectivity index (χ4v) is 5.53. The van der Waals surface area contributed by atoms with E-state index in [9.17, 15) is 18.0 Å². The number of aliphatic carboxylic acids is 2. The van der Waals surface area contributed by atoms with Crippen LogP contribution in [0.5, 0.6) is 11.5 Å². The summed E-state index contributed by atoms with van der Waals surface area (Å²) >= 11 is 0. The van der Waals surface area contributed by atoms with Gasteiger partial charge in [0.15, 0.2) is 9.84 Å². The van der Waals surface area contributed by atoms with Gasteiger partial charge in [0.25, 0.3) is 0 Å². The van der Waals surface area contributed by atoms with Gasteiger partial charge in [-0.3, -0.25) is 20.2 Å². The second kappa shape index (κ2) is 13.7. The van der Waals surface area contributed by atoms with Gasteiger partial charge in [0, 0.05) is 12.8 Å². The summed E-state index contributed by atoms with van der Waals surface area (Å²) in [6.07, 6.45) is 0.295. The topological polar surface area (TPSA) is 151 Å². The zero-order chi connectivity index (χ0) is 25.8. The van der Waals surface area contributed by atoms with Gasteiger partial charge in [-0.2, -0.15) is 0 Å². The van der Waals surface area contributed by atoms with Gasteiger partial charge in [-0.15, -0.1) is 0 Å². The maximum atomic E-state index is 14.0. The predicted molar refractivity (Wildman–Crippen MR) is 130 cm³/mol. The molecule has 2 aromatic rings. The van der Waals surface area contributed by atoms with Gasteiger partial charge in [0.2, 0.25) is 0 Å². The molecule has 192 valence electrons. The summed E-state index contributed by atoms with van der Waals surface area (Å²) in [4.78, 5) is 21.8. The molecular weight excluding hydrogens is 476 g/mol. The van der Waals surface area contributed by atoms with Crippen molar-refractivity contribution in [2.45, 2.75) is 36.4 Å². The fourth-order valence-electron chi connectivity index (χ4n) is 3.49. The Morgan fingerprint density at radius 2 is 1.09 bits per heavy atom. The largest absolute Gasteiger partial charge is 0.497 e. The Bertz CT molecular complexity index is 976. The lowest BCUT2D eigenvalue weighted by molar-refractivity contribution is -0.138. The van der Waals surface area contributed by atoms with Crippen molar-refractivity contribution in [3.8, 4) is 11.5 Å². The van der Waals surface area contributed by atoms with Crippen molar-refractivity contribution in [3.05, 3.63) is 59.7 Å². The van der Waals surface area contributed by atoms with Crippen LogP contribution in [0, 0.1) is 0 Å². The molecule has 11 heteroatoms. The molecule has 0 fully saturated rings. The van der Waals surface area contributed by atoms with Crippen molar-refractivity contribution in [3.63, 3.8) is 0 Å². The highest BCUT2D eigenvalue weighted by atomic mass is 32.2. The zero-order valence-electron chi connectivity index (χ0n) is 19.8. The number of carboxylic acid groups (broad SMARTS) is 2. The lowest BCUT2D eigenvalue weighted by atomic mass is 10.2. The minimum Gasteiger partial charge on any atom is -0.497 e. The molecule has 0 bridgehead atoms. The quantitative estimate of drug-likeness (QED) is 0.249. The molecule has 2 atom stereocenters. The summed E-state index contributed by atoms with van der Waals surface area (Å²) in [5.74, 6) is -0.803. The number of ether oxygens (including phenoxy) is 2. The third kappa shape index (κ3) is 8.53. The summed E-state index contributed by atoms with van der Waals surface area (Å²) < 4.78 is 38.3. The maximum absolute atomic E-state index is 14.0.